The largest absolute Gasteiger partial charge is 0.465 e. The third-order valence-electron chi connectivity index (χ3n) is 3.02. The summed E-state index contributed by atoms with van der Waals surface area (Å²) in [5, 5.41) is 0. The van der Waals surface area contributed by atoms with E-state index >= 15 is 0 Å². The maximum atomic E-state index is 12.8. The zero-order valence-corrected chi connectivity index (χ0v) is 13.6. The molecule has 0 saturated carbocycles. The summed E-state index contributed by atoms with van der Waals surface area (Å²) in [5.41, 5.74) is 5.91. The number of rotatable bonds is 6. The van der Waals surface area contributed by atoms with E-state index < -0.39 is 16.0 Å². The molecule has 0 radical (unpaired) electrons. The van der Waals surface area contributed by atoms with Crippen LogP contribution < -0.4 is 5.73 Å². The second-order valence-electron chi connectivity index (χ2n) is 4.96. The Bertz CT molecular complexity index is 611. The average molecular weight is 314 g/mol. The Hall–Kier alpha value is -1.60. The van der Waals surface area contributed by atoms with Crippen LogP contribution in [0.2, 0.25) is 0 Å². The second-order valence-corrected chi connectivity index (χ2v) is 6.82. The van der Waals surface area contributed by atoms with Gasteiger partial charge >= 0.3 is 5.97 Å². The van der Waals surface area contributed by atoms with Gasteiger partial charge in [-0.25, -0.2) is 13.2 Å². The first-order chi connectivity index (χ1) is 9.75. The molecule has 0 saturated heterocycles. The van der Waals surface area contributed by atoms with Crippen LogP contribution in [0.1, 0.15) is 37.6 Å². The normalized spacial score (nSPS) is 11.9. The van der Waals surface area contributed by atoms with E-state index in [0.29, 0.717) is 18.7 Å². The van der Waals surface area contributed by atoms with Crippen LogP contribution in [0.15, 0.2) is 23.1 Å². The van der Waals surface area contributed by atoms with Crippen LogP contribution in [-0.4, -0.2) is 38.4 Å². The van der Waals surface area contributed by atoms with Crippen LogP contribution >= 0.6 is 0 Å². The van der Waals surface area contributed by atoms with Crippen LogP contribution in [0.4, 0.5) is 5.69 Å². The van der Waals surface area contributed by atoms with Gasteiger partial charge in [0.05, 0.1) is 17.6 Å². The van der Waals surface area contributed by atoms with E-state index in [4.69, 9.17) is 5.73 Å². The average Bonchev–Trinajstić information content (AvgIpc) is 2.42. The molecule has 6 nitrogen and oxygen atoms in total. The lowest BCUT2D eigenvalue weighted by atomic mass is 10.2. The molecule has 2 N–H and O–H groups in total. The summed E-state index contributed by atoms with van der Waals surface area (Å²) < 4.78 is 31.6. The fraction of sp³-hybridized carbons (Fsp3) is 0.500. The fourth-order valence-corrected chi connectivity index (χ4v) is 3.94. The molecule has 0 spiro atoms. The molecule has 0 amide bonds. The molecule has 118 valence electrons. The number of benzene rings is 1. The monoisotopic (exact) mass is 314 g/mol. The van der Waals surface area contributed by atoms with Gasteiger partial charge in [-0.3, -0.25) is 0 Å². The predicted molar refractivity (Wildman–Crippen MR) is 81.5 cm³/mol. The number of methoxy groups -OCH3 is 1. The minimum absolute atomic E-state index is 0.0424. The molecule has 0 aliphatic carbocycles. The predicted octanol–water partition coefficient (Wildman–Crippen LogP) is 1.86. The van der Waals surface area contributed by atoms with Gasteiger partial charge in [-0.05, 0) is 38.5 Å². The van der Waals surface area contributed by atoms with Gasteiger partial charge in [0.1, 0.15) is 0 Å². The number of carbonyl (C=O) groups is 1. The van der Waals surface area contributed by atoms with Crippen LogP contribution in [-0.2, 0) is 14.8 Å². The molecule has 0 atom stereocenters. The second kappa shape index (κ2) is 6.91. The van der Waals surface area contributed by atoms with E-state index in [-0.39, 0.29) is 16.5 Å². The van der Waals surface area contributed by atoms with Crippen molar-refractivity contribution < 1.29 is 17.9 Å². The van der Waals surface area contributed by atoms with Crippen molar-refractivity contribution in [1.82, 2.24) is 4.31 Å². The maximum absolute atomic E-state index is 12.8. The summed E-state index contributed by atoms with van der Waals surface area (Å²) in [6, 6.07) is 3.92. The minimum atomic E-state index is -3.79. The molecule has 1 aromatic rings. The van der Waals surface area contributed by atoms with Crippen molar-refractivity contribution in [2.24, 2.45) is 0 Å². The van der Waals surface area contributed by atoms with Gasteiger partial charge in [0.15, 0.2) is 0 Å². The van der Waals surface area contributed by atoms with Crippen molar-refractivity contribution in [2.75, 3.05) is 19.4 Å². The molecule has 0 fully saturated rings. The quantitative estimate of drug-likeness (QED) is 0.639. The zero-order valence-electron chi connectivity index (χ0n) is 12.8. The lowest BCUT2D eigenvalue weighted by Crippen LogP contribution is -2.38. The highest BCUT2D eigenvalue weighted by atomic mass is 32.2. The number of hydrogen-bond donors (Lipinski definition) is 1. The van der Waals surface area contributed by atoms with Crippen LogP contribution in [0.25, 0.3) is 0 Å². The summed E-state index contributed by atoms with van der Waals surface area (Å²) in [6.45, 7) is 5.87. The number of nitrogens with zero attached hydrogens (tertiary/aromatic N) is 1. The standard InChI is InChI=1S/C14H22N2O4S/c1-5-8-16(10(2)3)21(18,19)13-7-6-11(15)9-12(13)14(17)20-4/h6-7,9-10H,5,8,15H2,1-4H3. The smallest absolute Gasteiger partial charge is 0.339 e. The molecule has 7 heteroatoms. The van der Waals surface area contributed by atoms with E-state index in [2.05, 4.69) is 4.74 Å². The fourth-order valence-electron chi connectivity index (χ4n) is 2.04. The summed E-state index contributed by atoms with van der Waals surface area (Å²) in [7, 11) is -2.59. The van der Waals surface area contributed by atoms with Crippen molar-refractivity contribution in [3.8, 4) is 0 Å². The van der Waals surface area contributed by atoms with Gasteiger partial charge in [0, 0.05) is 18.3 Å². The number of anilines is 1. The minimum Gasteiger partial charge on any atom is -0.465 e. The van der Waals surface area contributed by atoms with E-state index in [9.17, 15) is 13.2 Å². The summed E-state index contributed by atoms with van der Waals surface area (Å²) in [6.07, 6.45) is 0.680. The molecule has 1 rings (SSSR count). The topological polar surface area (TPSA) is 89.7 Å². The van der Waals surface area contributed by atoms with Gasteiger partial charge in [-0.2, -0.15) is 4.31 Å². The summed E-state index contributed by atoms with van der Waals surface area (Å²) in [5.74, 6) is -0.721. The third-order valence-corrected chi connectivity index (χ3v) is 5.15. The van der Waals surface area contributed by atoms with E-state index in [1.54, 1.807) is 13.8 Å². The van der Waals surface area contributed by atoms with Gasteiger partial charge in [0.2, 0.25) is 10.0 Å². The number of carbonyl (C=O) groups excluding carboxylic acids is 1. The number of nitrogen functional groups attached to an aromatic ring is 1. The van der Waals surface area contributed by atoms with Gasteiger partial charge in [-0.15, -0.1) is 0 Å². The molecular weight excluding hydrogens is 292 g/mol. The lowest BCUT2D eigenvalue weighted by molar-refractivity contribution is 0.0596. The zero-order chi connectivity index (χ0) is 16.2. The Kier molecular flexibility index (Phi) is 5.74. The summed E-state index contributed by atoms with van der Waals surface area (Å²) >= 11 is 0. The van der Waals surface area contributed by atoms with Crippen LogP contribution in [0, 0.1) is 0 Å². The van der Waals surface area contributed by atoms with Crippen molar-refractivity contribution in [3.63, 3.8) is 0 Å². The Labute approximate surface area is 125 Å². The SMILES string of the molecule is CCCN(C(C)C)S(=O)(=O)c1ccc(N)cc1C(=O)OC. The molecule has 0 aromatic heterocycles. The first-order valence-electron chi connectivity index (χ1n) is 6.75. The molecule has 21 heavy (non-hydrogen) atoms. The van der Waals surface area contributed by atoms with E-state index in [0.717, 1.165) is 0 Å². The molecule has 0 heterocycles. The number of esters is 1. The van der Waals surface area contributed by atoms with Crippen LogP contribution in [0.3, 0.4) is 0 Å². The third kappa shape index (κ3) is 3.74. The van der Waals surface area contributed by atoms with Crippen molar-refractivity contribution >= 4 is 21.7 Å². The van der Waals surface area contributed by atoms with Gasteiger partial charge < -0.3 is 10.5 Å². The molecule has 0 aliphatic heterocycles. The van der Waals surface area contributed by atoms with E-state index in [1.165, 1.54) is 29.6 Å². The Balaban J connectivity index is 3.46. The van der Waals surface area contributed by atoms with Gasteiger partial charge in [-0.1, -0.05) is 6.92 Å². The van der Waals surface area contributed by atoms with Crippen molar-refractivity contribution in [2.45, 2.75) is 38.1 Å². The van der Waals surface area contributed by atoms with Gasteiger partial charge in [0.25, 0.3) is 0 Å². The van der Waals surface area contributed by atoms with Crippen molar-refractivity contribution in [3.05, 3.63) is 23.8 Å². The number of ether oxygens (including phenoxy) is 1. The Morgan fingerprint density at radius 2 is 2.00 bits per heavy atom. The first-order valence-corrected chi connectivity index (χ1v) is 8.19. The summed E-state index contributed by atoms with van der Waals surface area (Å²) in [4.78, 5) is 11.7. The maximum Gasteiger partial charge on any atom is 0.339 e. The van der Waals surface area contributed by atoms with E-state index in [1.807, 2.05) is 6.92 Å². The highest BCUT2D eigenvalue weighted by Crippen LogP contribution is 2.25. The first kappa shape index (κ1) is 17.5. The number of hydrogen-bond acceptors (Lipinski definition) is 5. The molecule has 0 unspecified atom stereocenters. The molecule has 0 aliphatic rings. The number of nitrogens with two attached hydrogens (primary N) is 1. The highest BCUT2D eigenvalue weighted by Gasteiger charge is 2.30. The number of sulfonamides is 1. The van der Waals surface area contributed by atoms with Crippen molar-refractivity contribution in [1.29, 1.82) is 0 Å². The molecule has 1 aromatic carbocycles. The molecule has 0 bridgehead atoms. The highest BCUT2D eigenvalue weighted by molar-refractivity contribution is 7.89. The molecular formula is C14H22N2O4S. The Morgan fingerprint density at radius 3 is 2.48 bits per heavy atom. The Morgan fingerprint density at radius 1 is 1.38 bits per heavy atom. The van der Waals surface area contributed by atoms with Crippen LogP contribution in [0.5, 0.6) is 0 Å². The lowest BCUT2D eigenvalue weighted by Gasteiger charge is -2.26.